The second kappa shape index (κ2) is 6.53. The number of hydrogen-bond donors (Lipinski definition) is 1. The molecule has 0 saturated carbocycles. The van der Waals surface area contributed by atoms with Crippen molar-refractivity contribution < 1.29 is 19.0 Å². The molecule has 0 saturated heterocycles. The van der Waals surface area contributed by atoms with E-state index in [-0.39, 0.29) is 18.6 Å². The summed E-state index contributed by atoms with van der Waals surface area (Å²) in [6, 6.07) is 9.01. The van der Waals surface area contributed by atoms with Crippen LogP contribution >= 0.6 is 0 Å². The van der Waals surface area contributed by atoms with Gasteiger partial charge in [0, 0.05) is 35.8 Å². The number of benzene rings is 2. The second-order valence-electron chi connectivity index (χ2n) is 6.71. The first-order chi connectivity index (χ1) is 12.6. The minimum atomic E-state index is -0.0757. The molecule has 2 aliphatic rings. The summed E-state index contributed by atoms with van der Waals surface area (Å²) < 4.78 is 16.8. The van der Waals surface area contributed by atoms with E-state index in [0.29, 0.717) is 34.9 Å². The van der Waals surface area contributed by atoms with Crippen molar-refractivity contribution in [3.05, 3.63) is 47.0 Å². The molecule has 0 radical (unpaired) electrons. The highest BCUT2D eigenvalue weighted by Crippen LogP contribution is 2.50. The Balaban J connectivity index is 1.71. The number of methoxy groups -OCH3 is 1. The quantitative estimate of drug-likeness (QED) is 0.672. The van der Waals surface area contributed by atoms with Crippen LogP contribution in [0, 0.1) is 0 Å². The number of fused-ring (bicyclic) bond motifs is 2. The average molecular weight is 354 g/mol. The number of hydrogen-bond acceptors (Lipinski definition) is 6. The van der Waals surface area contributed by atoms with Gasteiger partial charge in [-0.3, -0.25) is 9.69 Å². The number of carbonyl (C=O) groups is 1. The second-order valence-corrected chi connectivity index (χ2v) is 6.71. The third-order valence-corrected chi connectivity index (χ3v) is 5.16. The molecule has 6 nitrogen and oxygen atoms in total. The minimum absolute atomic E-state index is 0.0757. The summed E-state index contributed by atoms with van der Waals surface area (Å²) in [7, 11) is 3.67. The van der Waals surface area contributed by atoms with Crippen molar-refractivity contribution in [3.8, 4) is 17.2 Å². The number of ketones is 1. The fourth-order valence-electron chi connectivity index (χ4n) is 3.75. The van der Waals surface area contributed by atoms with Crippen molar-refractivity contribution in [2.24, 2.45) is 0 Å². The highest BCUT2D eigenvalue weighted by Gasteiger charge is 2.35. The van der Waals surface area contributed by atoms with Crippen LogP contribution in [0.2, 0.25) is 0 Å². The summed E-state index contributed by atoms with van der Waals surface area (Å²) in [5.41, 5.74) is 9.21. The van der Waals surface area contributed by atoms with Crippen LogP contribution in [0.1, 0.15) is 33.9 Å². The lowest BCUT2D eigenvalue weighted by Gasteiger charge is -2.35. The SMILES string of the molecule is COc1c2c(cc3c1C(CC(=O)c1ccc(N)cc1)N(C)CC3)OCO2. The first kappa shape index (κ1) is 16.7. The Morgan fingerprint density at radius 1 is 1.31 bits per heavy atom. The summed E-state index contributed by atoms with van der Waals surface area (Å²) in [4.78, 5) is 15.0. The molecule has 4 rings (SSSR count). The van der Waals surface area contributed by atoms with E-state index in [2.05, 4.69) is 4.90 Å². The summed E-state index contributed by atoms with van der Waals surface area (Å²) in [6.45, 7) is 1.06. The molecule has 2 aromatic rings. The molecule has 2 aromatic carbocycles. The van der Waals surface area contributed by atoms with Crippen LogP contribution in [0.4, 0.5) is 5.69 Å². The lowest BCUT2D eigenvalue weighted by atomic mass is 9.87. The van der Waals surface area contributed by atoms with E-state index in [1.165, 1.54) is 0 Å². The van der Waals surface area contributed by atoms with Crippen LogP contribution < -0.4 is 19.9 Å². The first-order valence-electron chi connectivity index (χ1n) is 8.67. The van der Waals surface area contributed by atoms with Crippen LogP contribution in [0.15, 0.2) is 30.3 Å². The molecule has 0 aliphatic carbocycles. The molecule has 6 heteroatoms. The molecule has 136 valence electrons. The Kier molecular flexibility index (Phi) is 4.20. The standard InChI is InChI=1S/C20H22N2O4/c1-22-8-7-13-9-17-19(26-11-25-17)20(24-2)18(13)15(22)10-16(23)12-3-5-14(21)6-4-12/h3-6,9,15H,7-8,10-11,21H2,1-2H3. The van der Waals surface area contributed by atoms with Crippen molar-refractivity contribution in [2.75, 3.05) is 33.2 Å². The van der Waals surface area contributed by atoms with E-state index in [1.54, 1.807) is 31.4 Å². The zero-order valence-electron chi connectivity index (χ0n) is 15.0. The summed E-state index contributed by atoms with van der Waals surface area (Å²) in [6.07, 6.45) is 1.24. The number of rotatable bonds is 4. The van der Waals surface area contributed by atoms with Crippen LogP contribution in [-0.4, -0.2) is 38.2 Å². The Morgan fingerprint density at radius 3 is 2.81 bits per heavy atom. The number of anilines is 1. The molecule has 0 aromatic heterocycles. The molecule has 0 amide bonds. The van der Waals surface area contributed by atoms with Crippen LogP contribution in [0.25, 0.3) is 0 Å². The molecule has 2 aliphatic heterocycles. The highest BCUT2D eigenvalue weighted by molar-refractivity contribution is 5.97. The number of nitrogens with two attached hydrogens (primary N) is 1. The van der Waals surface area contributed by atoms with E-state index < -0.39 is 0 Å². The third-order valence-electron chi connectivity index (χ3n) is 5.16. The van der Waals surface area contributed by atoms with Gasteiger partial charge in [-0.25, -0.2) is 0 Å². The fourth-order valence-corrected chi connectivity index (χ4v) is 3.75. The monoisotopic (exact) mass is 354 g/mol. The minimum Gasteiger partial charge on any atom is -0.492 e. The Hall–Kier alpha value is -2.73. The molecule has 2 N–H and O–H groups in total. The zero-order chi connectivity index (χ0) is 18.3. The van der Waals surface area contributed by atoms with Gasteiger partial charge in [0.15, 0.2) is 17.3 Å². The normalized spacial score (nSPS) is 18.5. The Bertz CT molecular complexity index is 848. The van der Waals surface area contributed by atoms with Gasteiger partial charge >= 0.3 is 0 Å². The van der Waals surface area contributed by atoms with E-state index in [0.717, 1.165) is 24.1 Å². The molecular weight excluding hydrogens is 332 g/mol. The number of likely N-dealkylation sites (N-methyl/N-ethyl adjacent to an activating group) is 1. The van der Waals surface area contributed by atoms with Gasteiger partial charge < -0.3 is 19.9 Å². The number of ether oxygens (including phenoxy) is 3. The Labute approximate surface area is 152 Å². The lowest BCUT2D eigenvalue weighted by Crippen LogP contribution is -2.34. The summed E-state index contributed by atoms with van der Waals surface area (Å²) in [5.74, 6) is 2.10. The fraction of sp³-hybridized carbons (Fsp3) is 0.350. The van der Waals surface area contributed by atoms with Gasteiger partial charge in [0.1, 0.15) is 0 Å². The number of nitrogen functional groups attached to an aromatic ring is 1. The van der Waals surface area contributed by atoms with Gasteiger partial charge in [-0.1, -0.05) is 0 Å². The number of carbonyl (C=O) groups excluding carboxylic acids is 1. The van der Waals surface area contributed by atoms with Crippen LogP contribution in [0.5, 0.6) is 17.2 Å². The largest absolute Gasteiger partial charge is 0.492 e. The Morgan fingerprint density at radius 2 is 2.08 bits per heavy atom. The van der Waals surface area contributed by atoms with Gasteiger partial charge in [0.05, 0.1) is 7.11 Å². The number of nitrogens with zero attached hydrogens (tertiary/aromatic N) is 1. The van der Waals surface area contributed by atoms with Crippen molar-refractivity contribution in [1.29, 1.82) is 0 Å². The number of Topliss-reactive ketones (excluding diaryl/α,β-unsaturated/α-hetero) is 1. The van der Waals surface area contributed by atoms with E-state index in [4.69, 9.17) is 19.9 Å². The molecule has 1 atom stereocenters. The van der Waals surface area contributed by atoms with Gasteiger partial charge in [-0.15, -0.1) is 0 Å². The van der Waals surface area contributed by atoms with Crippen LogP contribution in [-0.2, 0) is 6.42 Å². The smallest absolute Gasteiger partial charge is 0.231 e. The maximum absolute atomic E-state index is 12.8. The van der Waals surface area contributed by atoms with Crippen molar-refractivity contribution in [3.63, 3.8) is 0 Å². The molecule has 0 bridgehead atoms. The van der Waals surface area contributed by atoms with Gasteiger partial charge in [-0.2, -0.15) is 0 Å². The van der Waals surface area contributed by atoms with E-state index >= 15 is 0 Å². The average Bonchev–Trinajstić information content (AvgIpc) is 3.11. The topological polar surface area (TPSA) is 74.0 Å². The maximum atomic E-state index is 12.8. The predicted molar refractivity (Wildman–Crippen MR) is 98.0 cm³/mol. The van der Waals surface area contributed by atoms with Gasteiger partial charge in [0.2, 0.25) is 12.5 Å². The molecule has 26 heavy (non-hydrogen) atoms. The molecule has 0 fully saturated rings. The highest BCUT2D eigenvalue weighted by atomic mass is 16.7. The summed E-state index contributed by atoms with van der Waals surface area (Å²) in [5, 5.41) is 0. The molecule has 2 heterocycles. The van der Waals surface area contributed by atoms with Crippen molar-refractivity contribution in [1.82, 2.24) is 4.90 Å². The van der Waals surface area contributed by atoms with E-state index in [1.807, 2.05) is 13.1 Å². The maximum Gasteiger partial charge on any atom is 0.231 e. The lowest BCUT2D eigenvalue weighted by molar-refractivity contribution is 0.0925. The van der Waals surface area contributed by atoms with Crippen LogP contribution in [0.3, 0.4) is 0 Å². The van der Waals surface area contributed by atoms with Gasteiger partial charge in [-0.05, 0) is 49.4 Å². The first-order valence-corrected chi connectivity index (χ1v) is 8.67. The zero-order valence-corrected chi connectivity index (χ0v) is 15.0. The summed E-state index contributed by atoms with van der Waals surface area (Å²) >= 11 is 0. The van der Waals surface area contributed by atoms with Crippen molar-refractivity contribution in [2.45, 2.75) is 18.9 Å². The van der Waals surface area contributed by atoms with Crippen molar-refractivity contribution >= 4 is 11.5 Å². The molecule has 1 unspecified atom stereocenters. The third kappa shape index (κ3) is 2.76. The van der Waals surface area contributed by atoms with Gasteiger partial charge in [0.25, 0.3) is 0 Å². The molecule has 0 spiro atoms. The predicted octanol–water partition coefficient (Wildman–Crippen LogP) is 2.81. The van der Waals surface area contributed by atoms with E-state index in [9.17, 15) is 4.79 Å². The molecular formula is C20H22N2O4.